The SMILES string of the molecule is OCCNCCO.OCCNCCO.[Ti]. The van der Waals surface area contributed by atoms with Gasteiger partial charge < -0.3 is 31.1 Å². The van der Waals surface area contributed by atoms with E-state index in [0.717, 1.165) is 0 Å². The van der Waals surface area contributed by atoms with Crippen molar-refractivity contribution in [2.75, 3.05) is 52.6 Å². The van der Waals surface area contributed by atoms with Crippen LogP contribution in [0, 0.1) is 0 Å². The molecule has 0 aromatic carbocycles. The van der Waals surface area contributed by atoms with E-state index in [1.807, 2.05) is 0 Å². The van der Waals surface area contributed by atoms with E-state index >= 15 is 0 Å². The van der Waals surface area contributed by atoms with Crippen LogP contribution in [0.3, 0.4) is 0 Å². The van der Waals surface area contributed by atoms with Gasteiger partial charge in [-0.05, 0) is 0 Å². The van der Waals surface area contributed by atoms with Crippen molar-refractivity contribution in [3.63, 3.8) is 0 Å². The third-order valence-corrected chi connectivity index (χ3v) is 1.15. The van der Waals surface area contributed by atoms with Crippen molar-refractivity contribution in [2.24, 2.45) is 0 Å². The Morgan fingerprint density at radius 3 is 0.867 bits per heavy atom. The van der Waals surface area contributed by atoms with E-state index in [2.05, 4.69) is 10.6 Å². The number of aliphatic hydroxyl groups is 4. The van der Waals surface area contributed by atoms with Gasteiger partial charge in [-0.2, -0.15) is 0 Å². The van der Waals surface area contributed by atoms with Gasteiger partial charge in [0.05, 0.1) is 26.4 Å². The minimum Gasteiger partial charge on any atom is -0.395 e. The molecule has 0 spiro atoms. The van der Waals surface area contributed by atoms with Crippen LogP contribution in [0.4, 0.5) is 0 Å². The van der Waals surface area contributed by atoms with Crippen LogP contribution >= 0.6 is 0 Å². The van der Waals surface area contributed by atoms with E-state index in [1.165, 1.54) is 0 Å². The zero-order valence-corrected chi connectivity index (χ0v) is 10.5. The van der Waals surface area contributed by atoms with E-state index in [9.17, 15) is 0 Å². The summed E-state index contributed by atoms with van der Waals surface area (Å²) < 4.78 is 0. The van der Waals surface area contributed by atoms with Gasteiger partial charge in [-0.1, -0.05) is 0 Å². The second-order valence-electron chi connectivity index (χ2n) is 2.39. The fourth-order valence-corrected chi connectivity index (χ4v) is 0.566. The first-order valence-electron chi connectivity index (χ1n) is 4.68. The van der Waals surface area contributed by atoms with Gasteiger partial charge in [0.1, 0.15) is 0 Å². The molecular weight excluding hydrogens is 236 g/mol. The molecule has 0 bridgehead atoms. The minimum absolute atomic E-state index is 0. The summed E-state index contributed by atoms with van der Waals surface area (Å²) in [5, 5.41) is 38.2. The second-order valence-corrected chi connectivity index (χ2v) is 2.39. The summed E-state index contributed by atoms with van der Waals surface area (Å²) in [5.41, 5.74) is 0. The predicted octanol–water partition coefficient (Wildman–Crippen LogP) is -2.88. The molecule has 0 aliphatic carbocycles. The van der Waals surface area contributed by atoms with Crippen LogP contribution in [-0.4, -0.2) is 73.0 Å². The van der Waals surface area contributed by atoms with Crippen molar-refractivity contribution in [1.29, 1.82) is 0 Å². The average molecular weight is 258 g/mol. The van der Waals surface area contributed by atoms with Gasteiger partial charge in [0.25, 0.3) is 0 Å². The number of aliphatic hydroxyl groups excluding tert-OH is 4. The quantitative estimate of drug-likeness (QED) is 0.206. The Balaban J connectivity index is -0.000000180. The van der Waals surface area contributed by atoms with E-state index in [1.54, 1.807) is 0 Å². The topological polar surface area (TPSA) is 105 Å². The van der Waals surface area contributed by atoms with Crippen LogP contribution in [0.25, 0.3) is 0 Å². The fourth-order valence-electron chi connectivity index (χ4n) is 0.566. The van der Waals surface area contributed by atoms with Crippen LogP contribution in [0.2, 0.25) is 0 Å². The van der Waals surface area contributed by atoms with Gasteiger partial charge >= 0.3 is 0 Å². The van der Waals surface area contributed by atoms with Crippen molar-refractivity contribution in [3.05, 3.63) is 0 Å². The molecule has 7 heteroatoms. The Kier molecular flexibility index (Phi) is 33.3. The Morgan fingerprint density at radius 2 is 0.733 bits per heavy atom. The van der Waals surface area contributed by atoms with E-state index < -0.39 is 0 Å². The Hall–Kier alpha value is 0.474. The summed E-state index contributed by atoms with van der Waals surface area (Å²) in [6.07, 6.45) is 0. The summed E-state index contributed by atoms with van der Waals surface area (Å²) >= 11 is 0. The summed E-state index contributed by atoms with van der Waals surface area (Å²) in [4.78, 5) is 0. The van der Waals surface area contributed by atoms with Crippen molar-refractivity contribution >= 4 is 0 Å². The summed E-state index contributed by atoms with van der Waals surface area (Å²) in [5.74, 6) is 0. The summed E-state index contributed by atoms with van der Waals surface area (Å²) in [7, 11) is 0. The molecular formula is C8H22N2O4Ti. The number of rotatable bonds is 8. The molecule has 0 heterocycles. The van der Waals surface area contributed by atoms with Gasteiger partial charge in [-0.3, -0.25) is 0 Å². The van der Waals surface area contributed by atoms with Crippen LogP contribution in [0.15, 0.2) is 0 Å². The molecule has 0 unspecified atom stereocenters. The molecule has 6 nitrogen and oxygen atoms in total. The van der Waals surface area contributed by atoms with Gasteiger partial charge in [0, 0.05) is 47.9 Å². The first-order valence-corrected chi connectivity index (χ1v) is 4.68. The van der Waals surface area contributed by atoms with Crippen molar-refractivity contribution in [1.82, 2.24) is 10.6 Å². The Bertz CT molecular complexity index is 73.0. The smallest absolute Gasteiger partial charge is 0.0555 e. The molecule has 0 aromatic rings. The van der Waals surface area contributed by atoms with Crippen molar-refractivity contribution < 1.29 is 42.1 Å². The zero-order valence-electron chi connectivity index (χ0n) is 8.95. The van der Waals surface area contributed by atoms with Crippen LogP contribution in [-0.2, 0) is 21.7 Å². The predicted molar refractivity (Wildman–Crippen MR) is 54.1 cm³/mol. The summed E-state index contributed by atoms with van der Waals surface area (Å²) in [6.45, 7) is 2.84. The average Bonchev–Trinajstić information content (AvgIpc) is 2.21. The van der Waals surface area contributed by atoms with Gasteiger partial charge in [0.15, 0.2) is 0 Å². The third kappa shape index (κ3) is 31.4. The van der Waals surface area contributed by atoms with E-state index in [4.69, 9.17) is 20.4 Å². The number of hydrogen-bond acceptors (Lipinski definition) is 6. The normalized spacial score (nSPS) is 8.80. The van der Waals surface area contributed by atoms with Gasteiger partial charge in [-0.25, -0.2) is 0 Å². The monoisotopic (exact) mass is 258 g/mol. The Morgan fingerprint density at radius 1 is 0.533 bits per heavy atom. The maximum absolute atomic E-state index is 8.15. The zero-order chi connectivity index (χ0) is 11.1. The summed E-state index contributed by atoms with van der Waals surface area (Å²) in [6, 6.07) is 0. The Labute approximate surface area is 106 Å². The van der Waals surface area contributed by atoms with Crippen molar-refractivity contribution in [3.8, 4) is 0 Å². The molecule has 92 valence electrons. The fraction of sp³-hybridized carbons (Fsp3) is 1.00. The molecule has 0 radical (unpaired) electrons. The van der Waals surface area contributed by atoms with Crippen molar-refractivity contribution in [2.45, 2.75) is 0 Å². The standard InChI is InChI=1S/2C4H11NO2.Ti/c2*6-3-1-5-2-4-7;/h2*5-7H,1-4H2;. The number of hydrogen-bond donors (Lipinski definition) is 6. The maximum atomic E-state index is 8.15. The van der Waals surface area contributed by atoms with Gasteiger partial charge in [-0.15, -0.1) is 0 Å². The molecule has 0 aliphatic rings. The molecule has 0 aromatic heterocycles. The second kappa shape index (κ2) is 24.0. The molecule has 15 heavy (non-hydrogen) atoms. The van der Waals surface area contributed by atoms with E-state index in [0.29, 0.717) is 26.2 Å². The van der Waals surface area contributed by atoms with Crippen LogP contribution in [0.5, 0.6) is 0 Å². The first kappa shape index (κ1) is 20.8. The van der Waals surface area contributed by atoms with Crippen LogP contribution < -0.4 is 10.6 Å². The molecule has 6 N–H and O–H groups in total. The molecule has 0 atom stereocenters. The molecule has 0 fully saturated rings. The molecule has 0 aliphatic heterocycles. The number of nitrogens with one attached hydrogen (secondary N) is 2. The minimum atomic E-state index is 0. The third-order valence-electron chi connectivity index (χ3n) is 1.15. The van der Waals surface area contributed by atoms with Gasteiger partial charge in [0.2, 0.25) is 0 Å². The van der Waals surface area contributed by atoms with E-state index in [-0.39, 0.29) is 48.1 Å². The molecule has 0 saturated heterocycles. The molecule has 0 saturated carbocycles. The molecule has 0 amide bonds. The largest absolute Gasteiger partial charge is 0.395 e. The first-order chi connectivity index (χ1) is 6.83. The maximum Gasteiger partial charge on any atom is 0.0555 e. The molecule has 0 rings (SSSR count). The van der Waals surface area contributed by atoms with Crippen LogP contribution in [0.1, 0.15) is 0 Å².